The van der Waals surface area contributed by atoms with E-state index in [1.54, 1.807) is 29.2 Å². The summed E-state index contributed by atoms with van der Waals surface area (Å²) < 4.78 is 10.2. The molecule has 4 rings (SSSR count). The van der Waals surface area contributed by atoms with Gasteiger partial charge in [0.1, 0.15) is 11.1 Å². The van der Waals surface area contributed by atoms with Crippen LogP contribution in [-0.2, 0) is 16.0 Å². The van der Waals surface area contributed by atoms with Crippen molar-refractivity contribution in [2.45, 2.75) is 12.8 Å². The molecule has 1 aliphatic rings. The predicted octanol–water partition coefficient (Wildman–Crippen LogP) is 2.93. The van der Waals surface area contributed by atoms with E-state index in [2.05, 4.69) is 0 Å². The fourth-order valence-electron chi connectivity index (χ4n) is 3.28. The summed E-state index contributed by atoms with van der Waals surface area (Å²) in [6.07, 6.45) is 1.77. The second kappa shape index (κ2) is 7.07. The van der Waals surface area contributed by atoms with Gasteiger partial charge in [0.25, 0.3) is 5.91 Å². The normalized spacial score (nSPS) is 13.3. The number of aryl methyl sites for hydroxylation is 1. The van der Waals surface area contributed by atoms with Crippen LogP contribution in [0.15, 0.2) is 63.8 Å². The first-order chi connectivity index (χ1) is 13.1. The molecule has 6 nitrogen and oxygen atoms in total. The van der Waals surface area contributed by atoms with Crippen molar-refractivity contribution in [1.29, 1.82) is 0 Å². The van der Waals surface area contributed by atoms with Gasteiger partial charge in [-0.05, 0) is 36.6 Å². The van der Waals surface area contributed by atoms with Crippen molar-refractivity contribution >= 4 is 28.5 Å². The Morgan fingerprint density at radius 2 is 1.85 bits per heavy atom. The van der Waals surface area contributed by atoms with Gasteiger partial charge in [-0.25, -0.2) is 9.59 Å². The Hall–Kier alpha value is -3.41. The predicted molar refractivity (Wildman–Crippen MR) is 99.9 cm³/mol. The average molecular weight is 363 g/mol. The van der Waals surface area contributed by atoms with Gasteiger partial charge < -0.3 is 14.1 Å². The van der Waals surface area contributed by atoms with Gasteiger partial charge in [-0.1, -0.05) is 36.4 Å². The zero-order chi connectivity index (χ0) is 18.8. The number of ether oxygens (including phenoxy) is 1. The number of esters is 1. The van der Waals surface area contributed by atoms with E-state index in [0.29, 0.717) is 17.5 Å². The van der Waals surface area contributed by atoms with Gasteiger partial charge in [0.05, 0.1) is 0 Å². The van der Waals surface area contributed by atoms with E-state index in [0.717, 1.165) is 24.1 Å². The van der Waals surface area contributed by atoms with Gasteiger partial charge in [-0.15, -0.1) is 0 Å². The highest BCUT2D eigenvalue weighted by atomic mass is 16.5. The number of carbonyl (C=O) groups excluding carboxylic acids is 2. The first-order valence-electron chi connectivity index (χ1n) is 8.72. The third kappa shape index (κ3) is 3.33. The molecule has 0 saturated carbocycles. The third-order valence-corrected chi connectivity index (χ3v) is 4.60. The second-order valence-electron chi connectivity index (χ2n) is 6.34. The molecule has 3 aromatic rings. The lowest BCUT2D eigenvalue weighted by Crippen LogP contribution is -2.38. The summed E-state index contributed by atoms with van der Waals surface area (Å²) in [5, 5.41) is 0.611. The number of hydrogen-bond donors (Lipinski definition) is 0. The lowest BCUT2D eigenvalue weighted by Gasteiger charge is -2.29. The number of amides is 1. The van der Waals surface area contributed by atoms with Gasteiger partial charge >= 0.3 is 11.6 Å². The van der Waals surface area contributed by atoms with Gasteiger partial charge in [0, 0.05) is 17.6 Å². The average Bonchev–Trinajstić information content (AvgIpc) is 2.70. The Morgan fingerprint density at radius 1 is 1.07 bits per heavy atom. The molecule has 6 heteroatoms. The number of carbonyl (C=O) groups is 2. The number of fused-ring (bicyclic) bond motifs is 2. The lowest BCUT2D eigenvalue weighted by molar-refractivity contribution is -0.121. The Bertz CT molecular complexity index is 1090. The summed E-state index contributed by atoms with van der Waals surface area (Å²) in [6, 6.07) is 16.0. The molecule has 0 saturated heterocycles. The molecule has 1 amide bonds. The molecule has 1 aromatic heterocycles. The van der Waals surface area contributed by atoms with Gasteiger partial charge in [0.2, 0.25) is 0 Å². The molecule has 0 N–H and O–H groups in total. The van der Waals surface area contributed by atoms with Crippen molar-refractivity contribution in [3.63, 3.8) is 0 Å². The maximum absolute atomic E-state index is 12.5. The van der Waals surface area contributed by atoms with E-state index < -0.39 is 18.2 Å². The largest absolute Gasteiger partial charge is 0.452 e. The van der Waals surface area contributed by atoms with E-state index in [1.807, 2.05) is 24.3 Å². The molecule has 1 aliphatic heterocycles. The summed E-state index contributed by atoms with van der Waals surface area (Å²) in [4.78, 5) is 38.5. The number of anilines is 1. The summed E-state index contributed by atoms with van der Waals surface area (Å²) >= 11 is 0. The van der Waals surface area contributed by atoms with Crippen molar-refractivity contribution in [2.75, 3.05) is 18.1 Å². The molecule has 0 unspecified atom stereocenters. The number of rotatable bonds is 3. The highest BCUT2D eigenvalue weighted by molar-refractivity contribution is 5.98. The number of hydrogen-bond acceptors (Lipinski definition) is 5. The van der Waals surface area contributed by atoms with Crippen LogP contribution in [0.1, 0.15) is 22.3 Å². The van der Waals surface area contributed by atoms with Crippen molar-refractivity contribution in [3.05, 3.63) is 76.1 Å². The first kappa shape index (κ1) is 17.0. The molecule has 2 aromatic carbocycles. The molecule has 0 fully saturated rings. The quantitative estimate of drug-likeness (QED) is 0.528. The molecule has 27 heavy (non-hydrogen) atoms. The summed E-state index contributed by atoms with van der Waals surface area (Å²) in [5.74, 6) is -1.19. The molecule has 0 atom stereocenters. The minimum Gasteiger partial charge on any atom is -0.452 e. The van der Waals surface area contributed by atoms with Gasteiger partial charge in [-0.3, -0.25) is 4.79 Å². The van der Waals surface area contributed by atoms with E-state index in [-0.39, 0.29) is 11.5 Å². The van der Waals surface area contributed by atoms with Crippen molar-refractivity contribution in [2.24, 2.45) is 0 Å². The molecule has 0 bridgehead atoms. The smallest absolute Gasteiger partial charge is 0.351 e. The molecule has 0 spiro atoms. The minimum absolute atomic E-state index is 0.222. The molecule has 0 aliphatic carbocycles. The van der Waals surface area contributed by atoms with E-state index in [4.69, 9.17) is 9.15 Å². The van der Waals surface area contributed by atoms with Crippen LogP contribution >= 0.6 is 0 Å². The maximum atomic E-state index is 12.5. The monoisotopic (exact) mass is 363 g/mol. The van der Waals surface area contributed by atoms with Crippen LogP contribution in [0.5, 0.6) is 0 Å². The van der Waals surface area contributed by atoms with Crippen LogP contribution in [0, 0.1) is 0 Å². The van der Waals surface area contributed by atoms with Crippen LogP contribution in [-0.4, -0.2) is 25.0 Å². The number of para-hydroxylation sites is 2. The van der Waals surface area contributed by atoms with Gasteiger partial charge in [0.15, 0.2) is 6.61 Å². The Kier molecular flexibility index (Phi) is 4.46. The van der Waals surface area contributed by atoms with Crippen molar-refractivity contribution in [1.82, 2.24) is 0 Å². The molecular formula is C21H17NO5. The van der Waals surface area contributed by atoms with Crippen LogP contribution in [0.2, 0.25) is 0 Å². The minimum atomic E-state index is -0.867. The molecular weight excluding hydrogens is 346 g/mol. The van der Waals surface area contributed by atoms with E-state index in [9.17, 15) is 14.4 Å². The van der Waals surface area contributed by atoms with Crippen molar-refractivity contribution < 1.29 is 18.7 Å². The Balaban J connectivity index is 1.49. The maximum Gasteiger partial charge on any atom is 0.351 e. The van der Waals surface area contributed by atoms with Crippen LogP contribution in [0.4, 0.5) is 5.69 Å². The SMILES string of the molecule is O=C(OCC(=O)N1CCCc2ccccc21)c1cc2ccccc2oc1=O. The van der Waals surface area contributed by atoms with Crippen LogP contribution < -0.4 is 10.5 Å². The van der Waals surface area contributed by atoms with Crippen LogP contribution in [0.25, 0.3) is 11.0 Å². The first-order valence-corrected chi connectivity index (χ1v) is 8.72. The Labute approximate surface area is 155 Å². The highest BCUT2D eigenvalue weighted by Crippen LogP contribution is 2.26. The Morgan fingerprint density at radius 3 is 2.74 bits per heavy atom. The summed E-state index contributed by atoms with van der Waals surface area (Å²) in [6.45, 7) is 0.144. The fourth-order valence-corrected chi connectivity index (χ4v) is 3.28. The van der Waals surface area contributed by atoms with Crippen LogP contribution in [0.3, 0.4) is 0 Å². The van der Waals surface area contributed by atoms with Gasteiger partial charge in [-0.2, -0.15) is 0 Å². The topological polar surface area (TPSA) is 76.8 Å². The molecule has 136 valence electrons. The van der Waals surface area contributed by atoms with Crippen molar-refractivity contribution in [3.8, 4) is 0 Å². The highest BCUT2D eigenvalue weighted by Gasteiger charge is 2.24. The number of nitrogens with zero attached hydrogens (tertiary/aromatic N) is 1. The fraction of sp³-hybridized carbons (Fsp3) is 0.190. The summed E-state index contributed by atoms with van der Waals surface area (Å²) in [5.41, 5.74) is 1.32. The standard InChI is InChI=1S/C21H17NO5/c23-19(22-11-5-8-14-6-1-3-9-17(14)22)13-26-20(24)16-12-15-7-2-4-10-18(15)27-21(16)25/h1-4,6-7,9-10,12H,5,8,11,13H2. The number of benzene rings is 2. The zero-order valence-electron chi connectivity index (χ0n) is 14.5. The molecule has 0 radical (unpaired) electrons. The van der Waals surface area contributed by atoms with E-state index >= 15 is 0 Å². The molecule has 2 heterocycles. The van der Waals surface area contributed by atoms with E-state index in [1.165, 1.54) is 6.07 Å². The summed E-state index contributed by atoms with van der Waals surface area (Å²) in [7, 11) is 0. The zero-order valence-corrected chi connectivity index (χ0v) is 14.5. The second-order valence-corrected chi connectivity index (χ2v) is 6.34. The lowest BCUT2D eigenvalue weighted by atomic mass is 10.0. The third-order valence-electron chi connectivity index (χ3n) is 4.60.